The largest absolute Gasteiger partial charge is 0.329 e. The maximum Gasteiger partial charge on any atom is 0.288 e. The van der Waals surface area contributed by atoms with Gasteiger partial charge in [0.1, 0.15) is 0 Å². The van der Waals surface area contributed by atoms with Crippen molar-refractivity contribution in [2.75, 3.05) is 5.32 Å². The van der Waals surface area contributed by atoms with Crippen LogP contribution in [0.3, 0.4) is 0 Å². The fourth-order valence-electron chi connectivity index (χ4n) is 0.801. The molecule has 5 heteroatoms. The lowest BCUT2D eigenvalue weighted by molar-refractivity contribution is -0.105. The second kappa shape index (κ2) is 4.81. The topological polar surface area (TPSA) is 29.1 Å². The summed E-state index contributed by atoms with van der Waals surface area (Å²) in [6.45, 7) is 0. The molecule has 1 aromatic rings. The predicted octanol–water partition coefficient (Wildman–Crippen LogP) is 2.57. The van der Waals surface area contributed by atoms with E-state index in [1.165, 1.54) is 12.1 Å². The normalized spacial score (nSPS) is 10.1. The van der Waals surface area contributed by atoms with Gasteiger partial charge in [-0.3, -0.25) is 4.79 Å². The minimum Gasteiger partial charge on any atom is -0.329 e. The Kier molecular flexibility index (Phi) is 3.70. The number of carbonyl (C=O) groups is 1. The van der Waals surface area contributed by atoms with E-state index < -0.39 is 5.76 Å². The summed E-state index contributed by atoms with van der Waals surface area (Å²) in [6.07, 6.45) is 0.537. The summed E-state index contributed by atoms with van der Waals surface area (Å²) < 4.78 is 23.7. The predicted molar refractivity (Wildman–Crippen MR) is 48.0 cm³/mol. The van der Waals surface area contributed by atoms with Gasteiger partial charge in [-0.2, -0.15) is 8.78 Å². The molecular weight excluding hydrogens is 196 g/mol. The van der Waals surface area contributed by atoms with E-state index in [1.807, 2.05) is 0 Å². The molecule has 70 valence electrons. The molecule has 0 bridgehead atoms. The van der Waals surface area contributed by atoms with Crippen LogP contribution in [0.1, 0.15) is 0 Å². The zero-order chi connectivity index (χ0) is 9.68. The summed E-state index contributed by atoms with van der Waals surface area (Å²) in [6, 6.07) is 6.20. The number of carbonyl (C=O) groups excluding carboxylic acids is 1. The highest BCUT2D eigenvalue weighted by atomic mass is 32.2. The molecule has 0 fully saturated rings. The molecule has 0 heterocycles. The summed E-state index contributed by atoms with van der Waals surface area (Å²) in [5.41, 5.74) is 0.591. The zero-order valence-electron chi connectivity index (χ0n) is 6.54. The lowest BCUT2D eigenvalue weighted by atomic mass is 10.3. The number of anilines is 1. The Bertz CT molecular complexity index is 276. The fraction of sp³-hybridized carbons (Fsp3) is 0.125. The van der Waals surface area contributed by atoms with Gasteiger partial charge in [0, 0.05) is 10.6 Å². The van der Waals surface area contributed by atoms with Crippen LogP contribution < -0.4 is 5.32 Å². The molecule has 0 saturated heterocycles. The van der Waals surface area contributed by atoms with Gasteiger partial charge in [-0.15, -0.1) is 0 Å². The van der Waals surface area contributed by atoms with Gasteiger partial charge in [0.15, 0.2) is 0 Å². The van der Waals surface area contributed by atoms with Crippen LogP contribution in [0.15, 0.2) is 29.2 Å². The highest BCUT2D eigenvalue weighted by Gasteiger charge is 2.04. The standard InChI is InChI=1S/C8H7F2NOS/c9-8(10)13-7-3-1-6(2-4-7)11-5-12/h1-5,8H,(H,11,12). The fourth-order valence-corrected chi connectivity index (χ4v) is 1.30. The van der Waals surface area contributed by atoms with E-state index in [4.69, 9.17) is 0 Å². The number of rotatable bonds is 4. The summed E-state index contributed by atoms with van der Waals surface area (Å²) in [7, 11) is 0. The van der Waals surface area contributed by atoms with Crippen molar-refractivity contribution in [2.24, 2.45) is 0 Å². The van der Waals surface area contributed by atoms with Crippen molar-refractivity contribution < 1.29 is 13.6 Å². The van der Waals surface area contributed by atoms with Gasteiger partial charge in [-0.1, -0.05) is 11.8 Å². The first-order valence-corrected chi connectivity index (χ1v) is 4.35. The molecule has 0 atom stereocenters. The highest BCUT2D eigenvalue weighted by Crippen LogP contribution is 2.25. The Hall–Kier alpha value is -1.10. The molecule has 0 aliphatic carbocycles. The molecule has 1 rings (SSSR count). The number of nitrogens with one attached hydrogen (secondary N) is 1. The van der Waals surface area contributed by atoms with Crippen LogP contribution in [-0.4, -0.2) is 12.2 Å². The molecular formula is C8H7F2NOS. The van der Waals surface area contributed by atoms with Gasteiger partial charge >= 0.3 is 0 Å². The van der Waals surface area contributed by atoms with Crippen LogP contribution >= 0.6 is 11.8 Å². The van der Waals surface area contributed by atoms with Crippen LogP contribution in [0.2, 0.25) is 0 Å². The number of alkyl halides is 2. The molecule has 0 spiro atoms. The molecule has 0 unspecified atom stereocenters. The smallest absolute Gasteiger partial charge is 0.288 e. The molecule has 1 amide bonds. The third-order valence-electron chi connectivity index (χ3n) is 1.31. The first-order chi connectivity index (χ1) is 6.22. The summed E-state index contributed by atoms with van der Waals surface area (Å²) in [5.74, 6) is -2.41. The Morgan fingerprint density at radius 1 is 1.31 bits per heavy atom. The molecule has 0 saturated carbocycles. The Labute approximate surface area is 78.3 Å². The number of hydrogen-bond acceptors (Lipinski definition) is 2. The van der Waals surface area contributed by atoms with E-state index in [-0.39, 0.29) is 0 Å². The summed E-state index contributed by atoms with van der Waals surface area (Å²) >= 11 is 0.476. The van der Waals surface area contributed by atoms with E-state index in [9.17, 15) is 13.6 Å². The minimum absolute atomic E-state index is 0.476. The molecule has 1 aromatic carbocycles. The minimum atomic E-state index is -2.41. The van der Waals surface area contributed by atoms with E-state index in [0.29, 0.717) is 28.8 Å². The van der Waals surface area contributed by atoms with E-state index >= 15 is 0 Å². The maximum absolute atomic E-state index is 11.9. The van der Waals surface area contributed by atoms with Crippen LogP contribution in [0.4, 0.5) is 14.5 Å². The first-order valence-electron chi connectivity index (χ1n) is 3.47. The van der Waals surface area contributed by atoms with Crippen molar-refractivity contribution in [3.63, 3.8) is 0 Å². The van der Waals surface area contributed by atoms with Crippen molar-refractivity contribution in [1.82, 2.24) is 0 Å². The van der Waals surface area contributed by atoms with Crippen LogP contribution in [0, 0.1) is 0 Å². The SMILES string of the molecule is O=CNc1ccc(SC(F)F)cc1. The number of benzene rings is 1. The van der Waals surface area contributed by atoms with Crippen molar-refractivity contribution in [3.8, 4) is 0 Å². The molecule has 13 heavy (non-hydrogen) atoms. The van der Waals surface area contributed by atoms with E-state index in [2.05, 4.69) is 5.32 Å². The lowest BCUT2D eigenvalue weighted by Gasteiger charge is -2.01. The number of thioether (sulfide) groups is 1. The van der Waals surface area contributed by atoms with Crippen molar-refractivity contribution in [1.29, 1.82) is 0 Å². The number of hydrogen-bond donors (Lipinski definition) is 1. The van der Waals surface area contributed by atoms with E-state index in [1.54, 1.807) is 12.1 Å². The van der Waals surface area contributed by atoms with Gasteiger partial charge in [-0.05, 0) is 24.3 Å². The van der Waals surface area contributed by atoms with Crippen LogP contribution in [0.25, 0.3) is 0 Å². The average Bonchev–Trinajstić information content (AvgIpc) is 2.08. The van der Waals surface area contributed by atoms with Crippen molar-refractivity contribution in [3.05, 3.63) is 24.3 Å². The zero-order valence-corrected chi connectivity index (χ0v) is 7.35. The Morgan fingerprint density at radius 3 is 2.38 bits per heavy atom. The van der Waals surface area contributed by atoms with Gasteiger partial charge in [0.25, 0.3) is 5.76 Å². The second-order valence-corrected chi connectivity index (χ2v) is 3.23. The monoisotopic (exact) mass is 203 g/mol. The Balaban J connectivity index is 2.63. The van der Waals surface area contributed by atoms with Crippen LogP contribution in [0.5, 0.6) is 0 Å². The van der Waals surface area contributed by atoms with Gasteiger partial charge < -0.3 is 5.32 Å². The first kappa shape index (κ1) is 9.98. The maximum atomic E-state index is 11.9. The third-order valence-corrected chi connectivity index (χ3v) is 2.03. The second-order valence-electron chi connectivity index (χ2n) is 2.17. The number of halogens is 2. The molecule has 2 nitrogen and oxygen atoms in total. The molecule has 0 aliphatic heterocycles. The van der Waals surface area contributed by atoms with Gasteiger partial charge in [0.05, 0.1) is 0 Å². The molecule has 0 aliphatic rings. The van der Waals surface area contributed by atoms with Gasteiger partial charge in [0.2, 0.25) is 6.41 Å². The van der Waals surface area contributed by atoms with Gasteiger partial charge in [-0.25, -0.2) is 0 Å². The number of amides is 1. The quantitative estimate of drug-likeness (QED) is 0.602. The summed E-state index contributed by atoms with van der Waals surface area (Å²) in [4.78, 5) is 10.5. The van der Waals surface area contributed by atoms with Crippen molar-refractivity contribution in [2.45, 2.75) is 10.7 Å². The third kappa shape index (κ3) is 3.42. The average molecular weight is 203 g/mol. The molecule has 0 radical (unpaired) electrons. The molecule has 0 aromatic heterocycles. The summed E-state index contributed by atoms with van der Waals surface area (Å²) in [5, 5.41) is 2.41. The highest BCUT2D eigenvalue weighted by molar-refractivity contribution is 7.99. The molecule has 1 N–H and O–H groups in total. The van der Waals surface area contributed by atoms with E-state index in [0.717, 1.165) is 0 Å². The van der Waals surface area contributed by atoms with Crippen LogP contribution in [-0.2, 0) is 4.79 Å². The Morgan fingerprint density at radius 2 is 1.92 bits per heavy atom. The van der Waals surface area contributed by atoms with Crippen molar-refractivity contribution >= 4 is 23.9 Å². The lowest BCUT2D eigenvalue weighted by Crippen LogP contribution is -1.92.